The zero-order valence-electron chi connectivity index (χ0n) is 8.78. The second-order valence-corrected chi connectivity index (χ2v) is 5.32. The maximum Gasteiger partial charge on any atom is 0.250 e. The molecule has 1 aliphatic heterocycles. The lowest BCUT2D eigenvalue weighted by molar-refractivity contribution is -0.103. The van der Waals surface area contributed by atoms with Gasteiger partial charge >= 0.3 is 0 Å². The van der Waals surface area contributed by atoms with Gasteiger partial charge in [0.1, 0.15) is 0 Å². The van der Waals surface area contributed by atoms with Crippen LogP contribution < -0.4 is 5.32 Å². The van der Waals surface area contributed by atoms with Crippen molar-refractivity contribution in [3.05, 3.63) is 0 Å². The highest BCUT2D eigenvalue weighted by Gasteiger charge is 2.45. The molecule has 0 aromatic carbocycles. The Morgan fingerprint density at radius 1 is 1.29 bits per heavy atom. The van der Waals surface area contributed by atoms with Gasteiger partial charge in [0.2, 0.25) is 0 Å². The van der Waals surface area contributed by atoms with Crippen LogP contribution in [0.5, 0.6) is 0 Å². The molecule has 1 unspecified atom stereocenters. The molecule has 0 bridgehead atoms. The summed E-state index contributed by atoms with van der Waals surface area (Å²) in [6.07, 6.45) is 3.24. The van der Waals surface area contributed by atoms with Gasteiger partial charge in [-0.3, -0.25) is 0 Å². The highest BCUT2D eigenvalue weighted by Crippen LogP contribution is 2.45. The van der Waals surface area contributed by atoms with Crippen molar-refractivity contribution in [2.75, 3.05) is 13.1 Å². The summed E-state index contributed by atoms with van der Waals surface area (Å²) in [4.78, 5) is 0. The van der Waals surface area contributed by atoms with Gasteiger partial charge in [0.25, 0.3) is 5.92 Å². The maximum atomic E-state index is 13.5. The van der Waals surface area contributed by atoms with E-state index in [4.69, 9.17) is 0 Å². The van der Waals surface area contributed by atoms with Crippen molar-refractivity contribution < 1.29 is 8.78 Å². The SMILES string of the molecule is CC1(CC2CCCCC2(F)F)CNC1. The van der Waals surface area contributed by atoms with E-state index >= 15 is 0 Å². The van der Waals surface area contributed by atoms with E-state index in [0.29, 0.717) is 12.8 Å². The summed E-state index contributed by atoms with van der Waals surface area (Å²) in [5, 5.41) is 3.17. The Bertz CT molecular complexity index is 211. The van der Waals surface area contributed by atoms with Crippen LogP contribution >= 0.6 is 0 Å². The first-order valence-corrected chi connectivity index (χ1v) is 5.60. The van der Waals surface area contributed by atoms with Crippen molar-refractivity contribution in [2.45, 2.75) is 45.0 Å². The monoisotopic (exact) mass is 203 g/mol. The molecule has 0 radical (unpaired) electrons. The zero-order chi connectivity index (χ0) is 10.2. The van der Waals surface area contributed by atoms with Crippen molar-refractivity contribution >= 4 is 0 Å². The molecule has 82 valence electrons. The molecule has 2 rings (SSSR count). The van der Waals surface area contributed by atoms with E-state index in [-0.39, 0.29) is 17.8 Å². The minimum absolute atomic E-state index is 0.112. The fourth-order valence-corrected chi connectivity index (χ4v) is 2.71. The Kier molecular flexibility index (Phi) is 2.54. The number of nitrogens with one attached hydrogen (secondary N) is 1. The molecule has 0 spiro atoms. The highest BCUT2D eigenvalue weighted by atomic mass is 19.3. The van der Waals surface area contributed by atoms with Gasteiger partial charge in [0.05, 0.1) is 0 Å². The largest absolute Gasteiger partial charge is 0.316 e. The van der Waals surface area contributed by atoms with Crippen LogP contribution in [-0.4, -0.2) is 19.0 Å². The van der Waals surface area contributed by atoms with E-state index < -0.39 is 5.92 Å². The number of halogens is 2. The molecule has 2 aliphatic rings. The van der Waals surface area contributed by atoms with E-state index in [2.05, 4.69) is 12.2 Å². The summed E-state index contributed by atoms with van der Waals surface area (Å²) in [7, 11) is 0. The number of hydrogen-bond donors (Lipinski definition) is 1. The number of hydrogen-bond acceptors (Lipinski definition) is 1. The fraction of sp³-hybridized carbons (Fsp3) is 1.00. The Hall–Kier alpha value is -0.180. The third-order valence-electron chi connectivity index (χ3n) is 3.75. The normalized spacial score (nSPS) is 34.9. The molecule has 0 aromatic rings. The van der Waals surface area contributed by atoms with Crippen molar-refractivity contribution in [3.8, 4) is 0 Å². The van der Waals surface area contributed by atoms with Crippen LogP contribution in [0, 0.1) is 11.3 Å². The molecule has 3 heteroatoms. The minimum Gasteiger partial charge on any atom is -0.316 e. The van der Waals surface area contributed by atoms with Gasteiger partial charge in [0.15, 0.2) is 0 Å². The molecule has 2 fully saturated rings. The summed E-state index contributed by atoms with van der Waals surface area (Å²) < 4.78 is 27.1. The maximum absolute atomic E-state index is 13.5. The van der Waals surface area contributed by atoms with Gasteiger partial charge < -0.3 is 5.32 Å². The summed E-state index contributed by atoms with van der Waals surface area (Å²) in [6, 6.07) is 0. The molecule has 1 aliphatic carbocycles. The van der Waals surface area contributed by atoms with Crippen molar-refractivity contribution in [1.82, 2.24) is 5.32 Å². The Morgan fingerprint density at radius 3 is 2.50 bits per heavy atom. The second-order valence-electron chi connectivity index (χ2n) is 5.32. The molecule has 1 N–H and O–H groups in total. The molecule has 14 heavy (non-hydrogen) atoms. The van der Waals surface area contributed by atoms with Crippen LogP contribution in [0.4, 0.5) is 8.78 Å². The first-order chi connectivity index (χ1) is 6.52. The molecular formula is C11H19F2N. The summed E-state index contributed by atoms with van der Waals surface area (Å²) in [6.45, 7) is 3.95. The lowest BCUT2D eigenvalue weighted by atomic mass is 9.71. The van der Waals surface area contributed by atoms with Gasteiger partial charge in [-0.25, -0.2) is 8.78 Å². The molecule has 1 nitrogen and oxygen atoms in total. The van der Waals surface area contributed by atoms with Crippen LogP contribution in [0.1, 0.15) is 39.0 Å². The van der Waals surface area contributed by atoms with Gasteiger partial charge in [-0.05, 0) is 24.7 Å². The van der Waals surface area contributed by atoms with E-state index in [0.717, 1.165) is 25.9 Å². The smallest absolute Gasteiger partial charge is 0.250 e. The third kappa shape index (κ3) is 1.92. The van der Waals surface area contributed by atoms with Crippen molar-refractivity contribution in [1.29, 1.82) is 0 Å². The predicted octanol–water partition coefficient (Wildman–Crippen LogP) is 2.81. The van der Waals surface area contributed by atoms with Crippen LogP contribution in [0.25, 0.3) is 0 Å². The second kappa shape index (κ2) is 3.44. The van der Waals surface area contributed by atoms with Gasteiger partial charge in [0, 0.05) is 25.4 Å². The quantitative estimate of drug-likeness (QED) is 0.727. The van der Waals surface area contributed by atoms with Crippen molar-refractivity contribution in [3.63, 3.8) is 0 Å². The third-order valence-corrected chi connectivity index (χ3v) is 3.75. The first kappa shape index (κ1) is 10.3. The van der Waals surface area contributed by atoms with Crippen molar-refractivity contribution in [2.24, 2.45) is 11.3 Å². The highest BCUT2D eigenvalue weighted by molar-refractivity contribution is 4.94. The van der Waals surface area contributed by atoms with Crippen LogP contribution in [0.2, 0.25) is 0 Å². The first-order valence-electron chi connectivity index (χ1n) is 5.60. The van der Waals surface area contributed by atoms with E-state index in [1.807, 2.05) is 0 Å². The summed E-state index contributed by atoms with van der Waals surface area (Å²) >= 11 is 0. The topological polar surface area (TPSA) is 12.0 Å². The number of alkyl halides is 2. The zero-order valence-corrected chi connectivity index (χ0v) is 8.78. The average Bonchev–Trinajstić information content (AvgIpc) is 2.06. The van der Waals surface area contributed by atoms with Gasteiger partial charge in [-0.2, -0.15) is 0 Å². The lowest BCUT2D eigenvalue weighted by Crippen LogP contribution is -2.53. The van der Waals surface area contributed by atoms with E-state index in [1.165, 1.54) is 0 Å². The Labute approximate surface area is 84.3 Å². The Balaban J connectivity index is 1.95. The molecule has 1 saturated carbocycles. The predicted molar refractivity (Wildman–Crippen MR) is 52.5 cm³/mol. The average molecular weight is 203 g/mol. The minimum atomic E-state index is -2.39. The molecular weight excluding hydrogens is 184 g/mol. The van der Waals surface area contributed by atoms with Gasteiger partial charge in [-0.15, -0.1) is 0 Å². The lowest BCUT2D eigenvalue weighted by Gasteiger charge is -2.44. The summed E-state index contributed by atoms with van der Waals surface area (Å²) in [5.41, 5.74) is 0.144. The van der Waals surface area contributed by atoms with Crippen LogP contribution in [0.15, 0.2) is 0 Å². The molecule has 1 saturated heterocycles. The molecule has 1 heterocycles. The molecule has 1 atom stereocenters. The van der Waals surface area contributed by atoms with Crippen LogP contribution in [0.3, 0.4) is 0 Å². The molecule has 0 amide bonds. The van der Waals surface area contributed by atoms with Crippen LogP contribution in [-0.2, 0) is 0 Å². The standard InChI is InChI=1S/C11H19F2N/c1-10(7-14-8-10)6-9-4-2-3-5-11(9,12)13/h9,14H,2-8H2,1H3. The van der Waals surface area contributed by atoms with E-state index in [1.54, 1.807) is 0 Å². The molecule has 0 aromatic heterocycles. The number of rotatable bonds is 2. The van der Waals surface area contributed by atoms with Gasteiger partial charge in [-0.1, -0.05) is 13.3 Å². The summed E-state index contributed by atoms with van der Waals surface area (Å²) in [5.74, 6) is -2.75. The fourth-order valence-electron chi connectivity index (χ4n) is 2.71. The van der Waals surface area contributed by atoms with E-state index in [9.17, 15) is 8.78 Å². The Morgan fingerprint density at radius 2 is 2.00 bits per heavy atom.